The van der Waals surface area contributed by atoms with E-state index in [1.54, 1.807) is 47.4 Å². The van der Waals surface area contributed by atoms with Crippen LogP contribution in [0.5, 0.6) is 0 Å². The molecule has 0 bridgehead atoms. The molecule has 0 saturated heterocycles. The Bertz CT molecular complexity index is 1180. The molecule has 0 unspecified atom stereocenters. The van der Waals surface area contributed by atoms with Crippen LogP contribution in [-0.2, 0) is 15.3 Å². The summed E-state index contributed by atoms with van der Waals surface area (Å²) in [6.07, 6.45) is 1.42. The number of carbonyl (C=O) groups excluding carboxylic acids is 2. The summed E-state index contributed by atoms with van der Waals surface area (Å²) < 4.78 is 7.24. The third-order valence-electron chi connectivity index (χ3n) is 4.16. The molecular weight excluding hydrogens is 454 g/mol. The van der Waals surface area contributed by atoms with E-state index in [1.165, 1.54) is 10.9 Å². The van der Waals surface area contributed by atoms with Crippen LogP contribution in [0.15, 0.2) is 71.2 Å². The number of benzene rings is 2. The molecule has 9 heteroatoms. The van der Waals surface area contributed by atoms with Crippen molar-refractivity contribution in [2.24, 2.45) is 0 Å². The third kappa shape index (κ3) is 5.81. The number of thiazole rings is 1. The van der Waals surface area contributed by atoms with E-state index in [2.05, 4.69) is 21.4 Å². The van der Waals surface area contributed by atoms with Gasteiger partial charge in [0, 0.05) is 11.9 Å². The van der Waals surface area contributed by atoms with Gasteiger partial charge in [-0.05, 0) is 42.0 Å². The largest absolute Gasteiger partial charge is 0.452 e. The SMILES string of the molecule is O=C(COC(=O)c1ccc(CSc2nc3ccccc3s2)cc1)Nc1ccc(Cl)cn1. The molecule has 0 aliphatic heterocycles. The maximum absolute atomic E-state index is 12.2. The van der Waals surface area contributed by atoms with Gasteiger partial charge in [0.2, 0.25) is 0 Å². The van der Waals surface area contributed by atoms with Gasteiger partial charge in [0.05, 0.1) is 20.8 Å². The summed E-state index contributed by atoms with van der Waals surface area (Å²) in [5.74, 6) is 0.0306. The predicted molar refractivity (Wildman–Crippen MR) is 124 cm³/mol. The van der Waals surface area contributed by atoms with Crippen molar-refractivity contribution in [1.29, 1.82) is 0 Å². The van der Waals surface area contributed by atoms with Crippen LogP contribution in [0.1, 0.15) is 15.9 Å². The van der Waals surface area contributed by atoms with E-state index in [0.29, 0.717) is 16.4 Å². The van der Waals surface area contributed by atoms with E-state index >= 15 is 0 Å². The van der Waals surface area contributed by atoms with E-state index in [0.717, 1.165) is 21.2 Å². The van der Waals surface area contributed by atoms with Crippen molar-refractivity contribution in [3.05, 3.63) is 83.0 Å². The molecule has 2 aromatic heterocycles. The quantitative estimate of drug-likeness (QED) is 0.287. The lowest BCUT2D eigenvalue weighted by Gasteiger charge is -2.07. The Labute approximate surface area is 191 Å². The average Bonchev–Trinajstić information content (AvgIpc) is 3.21. The lowest BCUT2D eigenvalue weighted by molar-refractivity contribution is -0.119. The number of carbonyl (C=O) groups is 2. The Morgan fingerprint density at radius 2 is 1.87 bits per heavy atom. The minimum absolute atomic E-state index is 0.334. The van der Waals surface area contributed by atoms with Gasteiger partial charge in [0.1, 0.15) is 5.82 Å². The number of aromatic nitrogens is 2. The molecule has 4 rings (SSSR count). The molecule has 0 aliphatic rings. The summed E-state index contributed by atoms with van der Waals surface area (Å²) in [5.41, 5.74) is 2.45. The van der Waals surface area contributed by atoms with Gasteiger partial charge in [-0.25, -0.2) is 14.8 Å². The second-order valence-corrected chi connectivity index (χ2v) is 9.11. The zero-order chi connectivity index (χ0) is 21.6. The van der Waals surface area contributed by atoms with Crippen LogP contribution in [0.25, 0.3) is 10.2 Å². The minimum atomic E-state index is -0.565. The fourth-order valence-electron chi connectivity index (χ4n) is 2.64. The van der Waals surface area contributed by atoms with Crippen molar-refractivity contribution in [1.82, 2.24) is 9.97 Å². The number of hydrogen-bond acceptors (Lipinski definition) is 7. The summed E-state index contributed by atoms with van der Waals surface area (Å²) in [4.78, 5) is 32.7. The number of nitrogens with one attached hydrogen (secondary N) is 1. The minimum Gasteiger partial charge on any atom is -0.452 e. The number of anilines is 1. The molecule has 0 atom stereocenters. The molecule has 0 radical (unpaired) electrons. The second-order valence-electron chi connectivity index (χ2n) is 6.42. The molecule has 0 fully saturated rings. The van der Waals surface area contributed by atoms with Crippen molar-refractivity contribution in [3.63, 3.8) is 0 Å². The molecule has 6 nitrogen and oxygen atoms in total. The first-order chi connectivity index (χ1) is 15.1. The van der Waals surface area contributed by atoms with E-state index in [-0.39, 0.29) is 0 Å². The summed E-state index contributed by atoms with van der Waals surface area (Å²) in [6, 6.07) is 18.3. The summed E-state index contributed by atoms with van der Waals surface area (Å²) in [5, 5.41) is 3.00. The highest BCUT2D eigenvalue weighted by Crippen LogP contribution is 2.31. The zero-order valence-electron chi connectivity index (χ0n) is 16.1. The Balaban J connectivity index is 1.26. The molecule has 2 aromatic carbocycles. The summed E-state index contributed by atoms with van der Waals surface area (Å²) >= 11 is 9.07. The lowest BCUT2D eigenvalue weighted by atomic mass is 10.1. The number of para-hydroxylation sites is 1. The Morgan fingerprint density at radius 3 is 2.61 bits per heavy atom. The number of hydrogen-bond donors (Lipinski definition) is 1. The first-order valence-electron chi connectivity index (χ1n) is 9.23. The van der Waals surface area contributed by atoms with Crippen LogP contribution in [-0.4, -0.2) is 28.5 Å². The van der Waals surface area contributed by atoms with Gasteiger partial charge in [-0.15, -0.1) is 11.3 Å². The fourth-order valence-corrected chi connectivity index (χ4v) is 4.77. The number of ether oxygens (including phenoxy) is 1. The molecule has 0 spiro atoms. The topological polar surface area (TPSA) is 81.2 Å². The van der Waals surface area contributed by atoms with Crippen LogP contribution in [0.4, 0.5) is 5.82 Å². The van der Waals surface area contributed by atoms with E-state index in [1.807, 2.05) is 30.3 Å². The first kappa shape index (κ1) is 21.3. The monoisotopic (exact) mass is 469 g/mol. The molecule has 0 saturated carbocycles. The maximum atomic E-state index is 12.2. The number of pyridine rings is 1. The molecule has 31 heavy (non-hydrogen) atoms. The standard InChI is InChI=1S/C22H16ClN3O3S2/c23-16-9-10-19(24-11-16)26-20(27)12-29-21(28)15-7-5-14(6-8-15)13-30-22-25-17-3-1-2-4-18(17)31-22/h1-11H,12-13H2,(H,24,26,27). The third-order valence-corrected chi connectivity index (χ3v) is 6.63. The van der Waals surface area contributed by atoms with Crippen molar-refractivity contribution in [2.45, 2.75) is 10.1 Å². The average molecular weight is 470 g/mol. The highest BCUT2D eigenvalue weighted by atomic mass is 35.5. The number of halogens is 1. The molecular formula is C22H16ClN3O3S2. The van der Waals surface area contributed by atoms with Crippen LogP contribution in [0, 0.1) is 0 Å². The molecule has 156 valence electrons. The van der Waals surface area contributed by atoms with E-state index in [9.17, 15) is 9.59 Å². The summed E-state index contributed by atoms with van der Waals surface area (Å²) in [6.45, 7) is -0.404. The Hall–Kier alpha value is -2.94. The smallest absolute Gasteiger partial charge is 0.338 e. The van der Waals surface area contributed by atoms with E-state index < -0.39 is 18.5 Å². The Morgan fingerprint density at radius 1 is 1.06 bits per heavy atom. The van der Waals surface area contributed by atoms with Gasteiger partial charge in [0.25, 0.3) is 5.91 Å². The van der Waals surface area contributed by atoms with E-state index in [4.69, 9.17) is 16.3 Å². The van der Waals surface area contributed by atoms with Crippen LogP contribution < -0.4 is 5.32 Å². The van der Waals surface area contributed by atoms with Crippen LogP contribution >= 0.6 is 34.7 Å². The normalized spacial score (nSPS) is 10.7. The molecule has 2 heterocycles. The highest BCUT2D eigenvalue weighted by molar-refractivity contribution is 8.00. The van der Waals surface area contributed by atoms with Crippen molar-refractivity contribution < 1.29 is 14.3 Å². The van der Waals surface area contributed by atoms with Gasteiger partial charge >= 0.3 is 5.97 Å². The van der Waals surface area contributed by atoms with Gasteiger partial charge < -0.3 is 10.1 Å². The summed E-state index contributed by atoms with van der Waals surface area (Å²) in [7, 11) is 0. The number of rotatable bonds is 7. The number of thioether (sulfide) groups is 1. The van der Waals surface area contributed by atoms with Crippen LogP contribution in [0.3, 0.4) is 0 Å². The molecule has 0 aliphatic carbocycles. The molecule has 1 amide bonds. The number of esters is 1. The maximum Gasteiger partial charge on any atom is 0.338 e. The first-order valence-corrected chi connectivity index (χ1v) is 11.4. The molecule has 4 aromatic rings. The van der Waals surface area contributed by atoms with Gasteiger partial charge in [-0.3, -0.25) is 4.79 Å². The van der Waals surface area contributed by atoms with Crippen LogP contribution in [0.2, 0.25) is 5.02 Å². The highest BCUT2D eigenvalue weighted by Gasteiger charge is 2.11. The van der Waals surface area contributed by atoms with Crippen molar-refractivity contribution in [2.75, 3.05) is 11.9 Å². The van der Waals surface area contributed by atoms with Crippen molar-refractivity contribution in [3.8, 4) is 0 Å². The van der Waals surface area contributed by atoms with Gasteiger partial charge in [-0.1, -0.05) is 47.6 Å². The van der Waals surface area contributed by atoms with Gasteiger partial charge in [0.15, 0.2) is 10.9 Å². The predicted octanol–water partition coefficient (Wildman–Crippen LogP) is 5.43. The fraction of sp³-hybridized carbons (Fsp3) is 0.0909. The lowest BCUT2D eigenvalue weighted by Crippen LogP contribution is -2.21. The Kier molecular flexibility index (Phi) is 6.81. The number of nitrogens with zero attached hydrogens (tertiary/aromatic N) is 2. The number of fused-ring (bicyclic) bond motifs is 1. The van der Waals surface area contributed by atoms with Gasteiger partial charge in [-0.2, -0.15) is 0 Å². The molecule has 1 N–H and O–H groups in total. The second kappa shape index (κ2) is 9.91. The van der Waals surface area contributed by atoms with Crippen molar-refractivity contribution >= 4 is 62.6 Å². The number of amides is 1. The zero-order valence-corrected chi connectivity index (χ0v) is 18.5.